The second-order valence-corrected chi connectivity index (χ2v) is 9.93. The zero-order valence-corrected chi connectivity index (χ0v) is 19.2. The maximum Gasteiger partial charge on any atom is 0.273 e. The quantitative estimate of drug-likeness (QED) is 0.277. The first-order valence-corrected chi connectivity index (χ1v) is 11.7. The van der Waals surface area contributed by atoms with Crippen LogP contribution in [0.5, 0.6) is 0 Å². The number of likely N-dealkylation sites (N-methyl/N-ethyl adjacent to an activating group) is 1. The average Bonchev–Trinajstić information content (AvgIpc) is 2.68. The van der Waals surface area contributed by atoms with Crippen LogP contribution < -0.4 is 21.5 Å². The summed E-state index contributed by atoms with van der Waals surface area (Å²) in [6.45, 7) is 2.06. The Morgan fingerprint density at radius 2 is 1.74 bits per heavy atom. The molecule has 170 valence electrons. The van der Waals surface area contributed by atoms with Gasteiger partial charge in [-0.25, -0.2) is 23.1 Å². The SMILES string of the molecule is C[N+](C)(CCCNS(=O)(=O)Cc1ccccc1)CCNC(=O)c1nc(Cl)c(N)nc1N. The van der Waals surface area contributed by atoms with Gasteiger partial charge in [0.05, 0.1) is 39.5 Å². The molecule has 0 fully saturated rings. The van der Waals surface area contributed by atoms with Gasteiger partial charge < -0.3 is 21.3 Å². The van der Waals surface area contributed by atoms with Crippen LogP contribution in [-0.4, -0.2) is 69.1 Å². The second-order valence-electron chi connectivity index (χ2n) is 7.76. The van der Waals surface area contributed by atoms with E-state index in [-0.39, 0.29) is 28.2 Å². The Morgan fingerprint density at radius 1 is 1.06 bits per heavy atom. The topological polar surface area (TPSA) is 153 Å². The Morgan fingerprint density at radius 3 is 2.42 bits per heavy atom. The molecule has 1 amide bonds. The molecule has 0 atom stereocenters. The summed E-state index contributed by atoms with van der Waals surface area (Å²) in [6, 6.07) is 9.04. The molecule has 0 unspecified atom stereocenters. The van der Waals surface area contributed by atoms with Gasteiger partial charge in [0.15, 0.2) is 22.5 Å². The van der Waals surface area contributed by atoms with Crippen LogP contribution in [0.2, 0.25) is 5.15 Å². The molecule has 0 aliphatic carbocycles. The smallest absolute Gasteiger partial charge is 0.273 e. The molecule has 1 aromatic heterocycles. The van der Waals surface area contributed by atoms with Crippen LogP contribution in [0, 0.1) is 0 Å². The Hall–Kier alpha value is -2.47. The van der Waals surface area contributed by atoms with E-state index >= 15 is 0 Å². The molecule has 1 heterocycles. The molecule has 0 aliphatic heterocycles. The van der Waals surface area contributed by atoms with E-state index in [1.807, 2.05) is 32.3 Å². The lowest BCUT2D eigenvalue weighted by Gasteiger charge is -2.30. The van der Waals surface area contributed by atoms with Gasteiger partial charge in [0.1, 0.15) is 0 Å². The van der Waals surface area contributed by atoms with E-state index in [9.17, 15) is 13.2 Å². The van der Waals surface area contributed by atoms with Crippen molar-refractivity contribution in [1.82, 2.24) is 20.0 Å². The van der Waals surface area contributed by atoms with Gasteiger partial charge in [0, 0.05) is 13.0 Å². The fourth-order valence-corrected chi connectivity index (χ4v) is 4.17. The molecule has 0 saturated heterocycles. The molecule has 0 spiro atoms. The van der Waals surface area contributed by atoms with E-state index < -0.39 is 15.9 Å². The normalized spacial score (nSPS) is 12.0. The molecular formula is C19H29ClN7O3S+. The van der Waals surface area contributed by atoms with Crippen molar-refractivity contribution in [3.8, 4) is 0 Å². The third-order valence-electron chi connectivity index (χ3n) is 4.58. The number of amides is 1. The number of nitrogens with two attached hydrogens (primary N) is 2. The molecule has 2 rings (SSSR count). The minimum atomic E-state index is -3.38. The number of sulfonamides is 1. The first-order valence-electron chi connectivity index (χ1n) is 9.69. The number of carbonyl (C=O) groups excluding carboxylic acids is 1. The van der Waals surface area contributed by atoms with Gasteiger partial charge in [0.25, 0.3) is 5.91 Å². The van der Waals surface area contributed by atoms with Gasteiger partial charge >= 0.3 is 0 Å². The summed E-state index contributed by atoms with van der Waals surface area (Å²) < 4.78 is 27.6. The van der Waals surface area contributed by atoms with E-state index in [4.69, 9.17) is 23.1 Å². The summed E-state index contributed by atoms with van der Waals surface area (Å²) in [4.78, 5) is 19.9. The highest BCUT2D eigenvalue weighted by Crippen LogP contribution is 2.17. The minimum absolute atomic E-state index is 0.0343. The third kappa shape index (κ3) is 8.29. The van der Waals surface area contributed by atoms with E-state index in [2.05, 4.69) is 20.0 Å². The fourth-order valence-electron chi connectivity index (χ4n) is 2.86. The molecule has 0 radical (unpaired) electrons. The molecular weight excluding hydrogens is 442 g/mol. The number of nitrogens with one attached hydrogen (secondary N) is 2. The molecule has 6 N–H and O–H groups in total. The molecule has 0 bridgehead atoms. The van der Waals surface area contributed by atoms with E-state index in [0.717, 1.165) is 12.1 Å². The van der Waals surface area contributed by atoms with E-state index in [1.54, 1.807) is 12.1 Å². The van der Waals surface area contributed by atoms with Crippen molar-refractivity contribution < 1.29 is 17.7 Å². The Kier molecular flexibility index (Phi) is 8.57. The number of hydrogen-bond acceptors (Lipinski definition) is 7. The highest BCUT2D eigenvalue weighted by molar-refractivity contribution is 7.88. The number of aromatic nitrogens is 2. The first-order chi connectivity index (χ1) is 14.5. The van der Waals surface area contributed by atoms with Gasteiger partial charge in [-0.3, -0.25) is 4.79 Å². The van der Waals surface area contributed by atoms with Crippen molar-refractivity contribution >= 4 is 39.2 Å². The van der Waals surface area contributed by atoms with Crippen molar-refractivity contribution in [3.63, 3.8) is 0 Å². The highest BCUT2D eigenvalue weighted by atomic mass is 35.5. The second kappa shape index (κ2) is 10.7. The number of rotatable bonds is 11. The number of carbonyl (C=O) groups is 1. The fraction of sp³-hybridized carbons (Fsp3) is 0.421. The Labute approximate surface area is 187 Å². The van der Waals surface area contributed by atoms with Crippen molar-refractivity contribution in [3.05, 3.63) is 46.7 Å². The summed E-state index contributed by atoms with van der Waals surface area (Å²) in [5.41, 5.74) is 11.9. The maximum absolute atomic E-state index is 12.3. The number of anilines is 2. The number of benzene rings is 1. The summed E-state index contributed by atoms with van der Waals surface area (Å²) in [6.07, 6.45) is 0.654. The number of hydrogen-bond donors (Lipinski definition) is 4. The largest absolute Gasteiger partial charge is 0.382 e. The Balaban J connectivity index is 1.73. The molecule has 12 heteroatoms. The minimum Gasteiger partial charge on any atom is -0.382 e. The number of nitrogens with zero attached hydrogens (tertiary/aromatic N) is 3. The van der Waals surface area contributed by atoms with Gasteiger partial charge in [-0.1, -0.05) is 41.9 Å². The lowest BCUT2D eigenvalue weighted by Crippen LogP contribution is -2.46. The van der Waals surface area contributed by atoms with Crippen LogP contribution in [0.3, 0.4) is 0 Å². The number of nitrogen functional groups attached to an aromatic ring is 2. The molecule has 10 nitrogen and oxygen atoms in total. The van der Waals surface area contributed by atoms with E-state index in [1.165, 1.54) is 0 Å². The molecule has 1 aromatic carbocycles. The van der Waals surface area contributed by atoms with Crippen molar-refractivity contribution in [2.45, 2.75) is 12.2 Å². The van der Waals surface area contributed by atoms with Crippen molar-refractivity contribution in [2.24, 2.45) is 0 Å². The standard InChI is InChI=1S/C19H28ClN7O3S/c1-27(2,11-6-9-24-31(29,30)13-14-7-4-3-5-8-14)12-10-23-19(28)15-17(21)26-18(22)16(20)25-15/h3-5,7-8,24H,6,9-13H2,1-2H3,(H4-,21,22,23,26,28)/p+1. The maximum atomic E-state index is 12.3. The number of halogens is 1. The predicted molar refractivity (Wildman–Crippen MR) is 122 cm³/mol. The van der Waals surface area contributed by atoms with Gasteiger partial charge in [-0.15, -0.1) is 0 Å². The highest BCUT2D eigenvalue weighted by Gasteiger charge is 2.19. The average molecular weight is 471 g/mol. The van der Waals surface area contributed by atoms with Crippen LogP contribution >= 0.6 is 11.6 Å². The molecule has 0 saturated carbocycles. The predicted octanol–water partition coefficient (Wildman–Crippen LogP) is 0.610. The number of quaternary nitrogens is 1. The lowest BCUT2D eigenvalue weighted by atomic mass is 10.2. The zero-order valence-electron chi connectivity index (χ0n) is 17.6. The molecule has 2 aromatic rings. The molecule has 0 aliphatic rings. The van der Waals surface area contributed by atoms with E-state index in [0.29, 0.717) is 30.5 Å². The summed E-state index contributed by atoms with van der Waals surface area (Å²) >= 11 is 5.80. The van der Waals surface area contributed by atoms with Crippen molar-refractivity contribution in [1.29, 1.82) is 0 Å². The molecule has 31 heavy (non-hydrogen) atoms. The van der Waals surface area contributed by atoms with Gasteiger partial charge in [-0.2, -0.15) is 0 Å². The van der Waals surface area contributed by atoms with Gasteiger partial charge in [0.2, 0.25) is 10.0 Å². The van der Waals surface area contributed by atoms with Crippen LogP contribution in [-0.2, 0) is 15.8 Å². The third-order valence-corrected chi connectivity index (χ3v) is 6.22. The first kappa shape index (κ1) is 24.8. The summed E-state index contributed by atoms with van der Waals surface area (Å²) in [5.74, 6) is -0.649. The Bertz CT molecular complexity index is 1000. The van der Waals surface area contributed by atoms with Crippen LogP contribution in [0.15, 0.2) is 30.3 Å². The summed E-state index contributed by atoms with van der Waals surface area (Å²) in [5, 5.41) is 2.66. The van der Waals surface area contributed by atoms with Crippen LogP contribution in [0.4, 0.5) is 11.6 Å². The van der Waals surface area contributed by atoms with Gasteiger partial charge in [-0.05, 0) is 5.56 Å². The van der Waals surface area contributed by atoms with Crippen LogP contribution in [0.1, 0.15) is 22.5 Å². The van der Waals surface area contributed by atoms with Crippen LogP contribution in [0.25, 0.3) is 0 Å². The lowest BCUT2D eigenvalue weighted by molar-refractivity contribution is -0.889. The van der Waals surface area contributed by atoms with Crippen molar-refractivity contribution in [2.75, 3.05) is 51.7 Å². The summed E-state index contributed by atoms with van der Waals surface area (Å²) in [7, 11) is 0.618. The zero-order chi connectivity index (χ0) is 23.1. The monoisotopic (exact) mass is 470 g/mol.